The van der Waals surface area contributed by atoms with Crippen LogP contribution in [0.15, 0.2) is 53.3 Å². The highest BCUT2D eigenvalue weighted by Crippen LogP contribution is 2.23. The Morgan fingerprint density at radius 1 is 1.18 bits per heavy atom. The van der Waals surface area contributed by atoms with E-state index >= 15 is 0 Å². The van der Waals surface area contributed by atoms with Crippen LogP contribution in [-0.2, 0) is 23.0 Å². The van der Waals surface area contributed by atoms with Crippen molar-refractivity contribution in [2.75, 3.05) is 5.32 Å². The molecule has 0 bridgehead atoms. The number of alkyl carbamates (subject to hydrolysis) is 1. The lowest BCUT2D eigenvalue weighted by atomic mass is 10.0. The number of nitrogens with one attached hydrogen (secondary N) is 2. The second-order valence-corrected chi connectivity index (χ2v) is 9.79. The molecule has 2 N–H and O–H groups in total. The number of aromatic nitrogens is 3. The molecular weight excluding hydrogens is 510 g/mol. The van der Waals surface area contributed by atoms with E-state index in [1.807, 2.05) is 25.2 Å². The smallest absolute Gasteiger partial charge is 0.408 e. The monoisotopic (exact) mass is 533 g/mol. The third kappa shape index (κ3) is 7.03. The van der Waals surface area contributed by atoms with Crippen molar-refractivity contribution in [3.8, 4) is 11.4 Å². The number of anilines is 1. The Kier molecular flexibility index (Phi) is 7.76. The van der Waals surface area contributed by atoms with Crippen LogP contribution in [0.5, 0.6) is 0 Å². The molecule has 2 aromatic carbocycles. The van der Waals surface area contributed by atoms with Crippen molar-refractivity contribution in [1.82, 2.24) is 20.1 Å². The minimum atomic E-state index is -0.912. The number of nitrogens with zero attached hydrogens (tertiary/aromatic N) is 3. The van der Waals surface area contributed by atoms with Crippen LogP contribution in [0.25, 0.3) is 11.4 Å². The van der Waals surface area contributed by atoms with Crippen LogP contribution < -0.4 is 10.6 Å². The molecule has 1 aromatic heterocycles. The van der Waals surface area contributed by atoms with Gasteiger partial charge in [-0.25, -0.2) is 4.79 Å². The van der Waals surface area contributed by atoms with Crippen molar-refractivity contribution >= 4 is 45.2 Å². The normalized spacial score (nSPS) is 12.2. The molecule has 0 saturated carbocycles. The predicted octanol–water partition coefficient (Wildman–Crippen LogP) is 4.97. The van der Waals surface area contributed by atoms with E-state index in [1.54, 1.807) is 55.9 Å². The van der Waals surface area contributed by atoms with Crippen LogP contribution in [0.4, 0.5) is 10.5 Å². The summed E-state index contributed by atoms with van der Waals surface area (Å²) in [6.07, 6.45) is 1.11. The van der Waals surface area contributed by atoms with Crippen LogP contribution in [0.2, 0.25) is 5.02 Å². The summed E-state index contributed by atoms with van der Waals surface area (Å²) in [7, 11) is 1.85. The van der Waals surface area contributed by atoms with Gasteiger partial charge in [0.25, 0.3) is 0 Å². The fraction of sp³-hybridized carbons (Fsp3) is 0.304. The van der Waals surface area contributed by atoms with Crippen molar-refractivity contribution in [1.29, 1.82) is 0 Å². The van der Waals surface area contributed by atoms with Gasteiger partial charge >= 0.3 is 6.09 Å². The first-order chi connectivity index (χ1) is 15.5. The van der Waals surface area contributed by atoms with Gasteiger partial charge in [-0.1, -0.05) is 27.5 Å². The van der Waals surface area contributed by atoms with Gasteiger partial charge in [0.15, 0.2) is 5.82 Å². The van der Waals surface area contributed by atoms with E-state index in [2.05, 4.69) is 36.8 Å². The summed E-state index contributed by atoms with van der Waals surface area (Å²) in [6, 6.07) is 11.6. The molecule has 33 heavy (non-hydrogen) atoms. The highest BCUT2D eigenvalue weighted by atomic mass is 79.9. The molecule has 174 valence electrons. The van der Waals surface area contributed by atoms with Crippen LogP contribution in [0.1, 0.15) is 26.3 Å². The topological polar surface area (TPSA) is 98.1 Å². The number of halogens is 2. The number of hydrogen-bond acceptors (Lipinski definition) is 5. The van der Waals surface area contributed by atoms with Crippen LogP contribution in [0, 0.1) is 0 Å². The Balaban J connectivity index is 1.78. The minimum Gasteiger partial charge on any atom is -0.444 e. The largest absolute Gasteiger partial charge is 0.444 e. The predicted molar refractivity (Wildman–Crippen MR) is 131 cm³/mol. The van der Waals surface area contributed by atoms with Crippen molar-refractivity contribution in [2.45, 2.75) is 38.8 Å². The number of rotatable bonds is 6. The molecule has 0 fully saturated rings. The van der Waals surface area contributed by atoms with Crippen molar-refractivity contribution < 1.29 is 14.3 Å². The van der Waals surface area contributed by atoms with E-state index < -0.39 is 23.6 Å². The Morgan fingerprint density at radius 3 is 2.48 bits per heavy atom. The summed E-state index contributed by atoms with van der Waals surface area (Å²) in [5, 5.41) is 14.0. The summed E-state index contributed by atoms with van der Waals surface area (Å²) < 4.78 is 7.96. The van der Waals surface area contributed by atoms with Gasteiger partial charge in [0.2, 0.25) is 5.91 Å². The molecule has 3 aromatic rings. The van der Waals surface area contributed by atoms with Crippen LogP contribution >= 0.6 is 27.5 Å². The molecule has 0 aliphatic carbocycles. The summed E-state index contributed by atoms with van der Waals surface area (Å²) in [5.74, 6) is 0.310. The number of carbonyl (C=O) groups excluding carboxylic acids is 2. The van der Waals surface area contributed by atoms with Crippen molar-refractivity contribution in [3.63, 3.8) is 0 Å². The van der Waals surface area contributed by atoms with E-state index in [0.29, 0.717) is 22.1 Å². The lowest BCUT2D eigenvalue weighted by molar-refractivity contribution is -0.118. The van der Waals surface area contributed by atoms with E-state index in [4.69, 9.17) is 16.3 Å². The van der Waals surface area contributed by atoms with Crippen molar-refractivity contribution in [2.24, 2.45) is 7.05 Å². The zero-order chi connectivity index (χ0) is 24.2. The summed E-state index contributed by atoms with van der Waals surface area (Å²) in [5.41, 5.74) is 1.44. The summed E-state index contributed by atoms with van der Waals surface area (Å²) in [6.45, 7) is 5.27. The molecule has 0 aliphatic heterocycles. The first-order valence-electron chi connectivity index (χ1n) is 10.2. The average molecular weight is 535 g/mol. The van der Waals surface area contributed by atoms with E-state index in [0.717, 1.165) is 10.0 Å². The maximum atomic E-state index is 13.1. The van der Waals surface area contributed by atoms with Crippen molar-refractivity contribution in [3.05, 3.63) is 63.9 Å². The number of benzene rings is 2. The molecule has 1 atom stereocenters. The lowest BCUT2D eigenvalue weighted by Gasteiger charge is -2.23. The van der Waals surface area contributed by atoms with Gasteiger partial charge < -0.3 is 19.9 Å². The zero-order valence-corrected chi connectivity index (χ0v) is 21.1. The Hall–Kier alpha value is -2.91. The molecular formula is C23H25BrClN5O3. The second kappa shape index (κ2) is 10.4. The molecule has 2 amide bonds. The molecule has 0 spiro atoms. The van der Waals surface area contributed by atoms with E-state index in [1.165, 1.54) is 0 Å². The summed E-state index contributed by atoms with van der Waals surface area (Å²) >= 11 is 9.73. The molecule has 0 radical (unpaired) electrons. The van der Waals surface area contributed by atoms with E-state index in [-0.39, 0.29) is 6.42 Å². The highest BCUT2D eigenvalue weighted by molar-refractivity contribution is 9.10. The maximum absolute atomic E-state index is 13.1. The third-order valence-corrected chi connectivity index (χ3v) is 5.42. The number of amides is 2. The van der Waals surface area contributed by atoms with Gasteiger partial charge in [0, 0.05) is 34.2 Å². The molecule has 10 heteroatoms. The van der Waals surface area contributed by atoms with Gasteiger partial charge in [-0.2, -0.15) is 0 Å². The Labute approximate surface area is 205 Å². The van der Waals surface area contributed by atoms with Gasteiger partial charge in [0.1, 0.15) is 18.0 Å². The third-order valence-electron chi connectivity index (χ3n) is 4.56. The minimum absolute atomic E-state index is 0.181. The van der Waals surface area contributed by atoms with Crippen LogP contribution in [-0.4, -0.2) is 38.4 Å². The fourth-order valence-corrected chi connectivity index (χ4v) is 3.66. The first kappa shape index (κ1) is 24.7. The number of carbonyl (C=O) groups is 2. The molecule has 8 nitrogen and oxygen atoms in total. The Bertz CT molecular complexity index is 1140. The van der Waals surface area contributed by atoms with Gasteiger partial charge in [-0.15, -0.1) is 10.2 Å². The first-order valence-corrected chi connectivity index (χ1v) is 11.4. The molecule has 3 rings (SSSR count). The SMILES string of the molecule is Cn1cnnc1-c1ccc(NC(=O)C(Cc2cc(Br)ccc2Cl)NC(=O)OC(C)(C)C)cc1. The van der Waals surface area contributed by atoms with E-state index in [9.17, 15) is 9.59 Å². The average Bonchev–Trinajstić information content (AvgIpc) is 3.15. The Morgan fingerprint density at radius 2 is 1.88 bits per heavy atom. The maximum Gasteiger partial charge on any atom is 0.408 e. The standard InChI is InChI=1S/C23H25BrClN5O3/c1-23(2,3)33-22(32)28-19(12-15-11-16(24)7-10-18(15)25)21(31)27-17-8-5-14(6-9-17)20-29-26-13-30(20)4/h5-11,13,19H,12H2,1-4H3,(H,27,31)(H,28,32). The van der Waals surface area contributed by atoms with Gasteiger partial charge in [-0.05, 0) is 68.8 Å². The highest BCUT2D eigenvalue weighted by Gasteiger charge is 2.26. The summed E-state index contributed by atoms with van der Waals surface area (Å²) in [4.78, 5) is 25.5. The number of ether oxygens (including phenoxy) is 1. The zero-order valence-electron chi connectivity index (χ0n) is 18.7. The quantitative estimate of drug-likeness (QED) is 0.465. The fourth-order valence-electron chi connectivity index (χ4n) is 3.06. The number of aryl methyl sites for hydroxylation is 1. The molecule has 1 heterocycles. The molecule has 0 saturated heterocycles. The number of hydrogen-bond donors (Lipinski definition) is 2. The van der Waals surface area contributed by atoms with Crippen LogP contribution in [0.3, 0.4) is 0 Å². The lowest BCUT2D eigenvalue weighted by Crippen LogP contribution is -2.47. The molecule has 1 unspecified atom stereocenters. The van der Waals surface area contributed by atoms with Gasteiger partial charge in [-0.3, -0.25) is 4.79 Å². The van der Waals surface area contributed by atoms with Gasteiger partial charge in [0.05, 0.1) is 0 Å². The molecule has 0 aliphatic rings. The second-order valence-electron chi connectivity index (χ2n) is 8.47.